The largest absolute Gasteiger partial charge is 0.369 e. The molecule has 1 N–H and O–H groups in total. The minimum absolute atomic E-state index is 0.0525. The standard InChI is InChI=1S/C27H30FN3O/c28-24-11-13-25(14-12-24)31-19-17-30(18-20-31)16-15-29-27(32)21-26(22-7-3-1-4-8-22)23-9-5-2-6-10-23/h1-14,26H,15-21H2,(H,29,32). The summed E-state index contributed by atoms with van der Waals surface area (Å²) in [6.45, 7) is 5.16. The van der Waals surface area contributed by atoms with Gasteiger partial charge in [0.15, 0.2) is 0 Å². The van der Waals surface area contributed by atoms with Gasteiger partial charge in [-0.15, -0.1) is 0 Å². The van der Waals surface area contributed by atoms with Crippen molar-refractivity contribution in [3.8, 4) is 0 Å². The Kier molecular flexibility index (Phi) is 7.51. The summed E-state index contributed by atoms with van der Waals surface area (Å²) in [5, 5.41) is 3.11. The summed E-state index contributed by atoms with van der Waals surface area (Å²) < 4.78 is 13.1. The maximum Gasteiger partial charge on any atom is 0.220 e. The van der Waals surface area contributed by atoms with Crippen molar-refractivity contribution in [2.45, 2.75) is 12.3 Å². The van der Waals surface area contributed by atoms with Gasteiger partial charge in [0.05, 0.1) is 0 Å². The van der Waals surface area contributed by atoms with Gasteiger partial charge in [0.1, 0.15) is 5.82 Å². The zero-order valence-corrected chi connectivity index (χ0v) is 18.3. The van der Waals surface area contributed by atoms with Crippen LogP contribution in [0.15, 0.2) is 84.9 Å². The lowest BCUT2D eigenvalue weighted by molar-refractivity contribution is -0.121. The zero-order valence-electron chi connectivity index (χ0n) is 18.3. The Hall–Kier alpha value is -3.18. The number of hydrogen-bond acceptors (Lipinski definition) is 3. The van der Waals surface area contributed by atoms with Crippen LogP contribution in [0.3, 0.4) is 0 Å². The van der Waals surface area contributed by atoms with Gasteiger partial charge in [-0.3, -0.25) is 9.69 Å². The van der Waals surface area contributed by atoms with Gasteiger partial charge in [0, 0.05) is 57.3 Å². The van der Waals surface area contributed by atoms with Crippen molar-refractivity contribution in [1.29, 1.82) is 0 Å². The van der Waals surface area contributed by atoms with Gasteiger partial charge in [-0.2, -0.15) is 0 Å². The van der Waals surface area contributed by atoms with Gasteiger partial charge in [-0.1, -0.05) is 60.7 Å². The fourth-order valence-corrected chi connectivity index (χ4v) is 4.29. The van der Waals surface area contributed by atoms with Crippen molar-refractivity contribution < 1.29 is 9.18 Å². The van der Waals surface area contributed by atoms with Gasteiger partial charge in [0.25, 0.3) is 0 Å². The van der Waals surface area contributed by atoms with Crippen molar-refractivity contribution in [3.05, 3.63) is 102 Å². The van der Waals surface area contributed by atoms with Crippen molar-refractivity contribution in [1.82, 2.24) is 10.2 Å². The quantitative estimate of drug-likeness (QED) is 0.578. The Balaban J connectivity index is 1.24. The van der Waals surface area contributed by atoms with E-state index in [0.29, 0.717) is 13.0 Å². The lowest BCUT2D eigenvalue weighted by atomic mass is 9.88. The number of hydrogen-bond donors (Lipinski definition) is 1. The van der Waals surface area contributed by atoms with Gasteiger partial charge >= 0.3 is 0 Å². The molecular weight excluding hydrogens is 401 g/mol. The number of carbonyl (C=O) groups is 1. The molecule has 1 heterocycles. The Labute approximate surface area is 189 Å². The van der Waals surface area contributed by atoms with Crippen LogP contribution in [0.5, 0.6) is 0 Å². The zero-order chi connectivity index (χ0) is 22.2. The van der Waals surface area contributed by atoms with E-state index in [1.807, 2.05) is 48.5 Å². The molecule has 0 bridgehead atoms. The summed E-state index contributed by atoms with van der Waals surface area (Å²) in [6, 6.07) is 27.1. The summed E-state index contributed by atoms with van der Waals surface area (Å²) in [5.41, 5.74) is 3.38. The number of halogens is 1. The monoisotopic (exact) mass is 431 g/mol. The number of amides is 1. The second kappa shape index (κ2) is 10.9. The Morgan fingerprint density at radius 2 is 1.38 bits per heavy atom. The number of carbonyl (C=O) groups excluding carboxylic acids is 1. The SMILES string of the molecule is O=C(CC(c1ccccc1)c1ccccc1)NCCN1CCN(c2ccc(F)cc2)CC1. The second-order valence-corrected chi connectivity index (χ2v) is 8.23. The average Bonchev–Trinajstić information content (AvgIpc) is 2.85. The van der Waals surface area contributed by atoms with Crippen LogP contribution in [-0.2, 0) is 4.79 Å². The predicted molar refractivity (Wildman–Crippen MR) is 127 cm³/mol. The second-order valence-electron chi connectivity index (χ2n) is 8.23. The summed E-state index contributed by atoms with van der Waals surface area (Å²) in [7, 11) is 0. The molecule has 0 atom stereocenters. The third-order valence-corrected chi connectivity index (χ3v) is 6.11. The molecule has 0 aliphatic carbocycles. The predicted octanol–water partition coefficient (Wildman–Crippen LogP) is 4.29. The first-order valence-electron chi connectivity index (χ1n) is 11.3. The fourth-order valence-electron chi connectivity index (χ4n) is 4.29. The molecule has 4 rings (SSSR count). The molecule has 3 aromatic rings. The van der Waals surface area contributed by atoms with Crippen molar-refractivity contribution in [2.75, 3.05) is 44.2 Å². The van der Waals surface area contributed by atoms with Gasteiger partial charge in [-0.05, 0) is 35.4 Å². The average molecular weight is 432 g/mol. The van der Waals surface area contributed by atoms with Crippen LogP contribution < -0.4 is 10.2 Å². The van der Waals surface area contributed by atoms with Gasteiger partial charge < -0.3 is 10.2 Å². The molecule has 1 saturated heterocycles. The molecule has 1 aliphatic heterocycles. The molecular formula is C27H30FN3O. The van der Waals surface area contributed by atoms with E-state index >= 15 is 0 Å². The number of benzene rings is 3. The van der Waals surface area contributed by atoms with E-state index in [1.54, 1.807) is 0 Å². The summed E-state index contributed by atoms with van der Waals surface area (Å²) in [6.07, 6.45) is 0.437. The highest BCUT2D eigenvalue weighted by Crippen LogP contribution is 2.27. The van der Waals surface area contributed by atoms with Crippen LogP contribution >= 0.6 is 0 Å². The molecule has 1 amide bonds. The summed E-state index contributed by atoms with van der Waals surface area (Å²) in [5.74, 6) is -0.0748. The van der Waals surface area contributed by atoms with E-state index < -0.39 is 0 Å². The van der Waals surface area contributed by atoms with E-state index in [4.69, 9.17) is 0 Å². The molecule has 0 unspecified atom stereocenters. The minimum Gasteiger partial charge on any atom is -0.369 e. The van der Waals surface area contributed by atoms with E-state index in [9.17, 15) is 9.18 Å². The Morgan fingerprint density at radius 3 is 1.94 bits per heavy atom. The maximum atomic E-state index is 13.1. The molecule has 0 radical (unpaired) electrons. The van der Waals surface area contributed by atoms with Crippen molar-refractivity contribution in [3.63, 3.8) is 0 Å². The lowest BCUT2D eigenvalue weighted by Gasteiger charge is -2.36. The first-order chi connectivity index (χ1) is 15.7. The molecule has 0 aromatic heterocycles. The molecule has 1 aliphatic rings. The molecule has 0 saturated carbocycles. The molecule has 0 spiro atoms. The van der Waals surface area contributed by atoms with E-state index in [0.717, 1.165) is 49.5 Å². The van der Waals surface area contributed by atoms with Crippen LogP contribution in [-0.4, -0.2) is 50.1 Å². The highest BCUT2D eigenvalue weighted by Gasteiger charge is 2.19. The smallest absolute Gasteiger partial charge is 0.220 e. The lowest BCUT2D eigenvalue weighted by Crippen LogP contribution is -2.48. The third-order valence-electron chi connectivity index (χ3n) is 6.11. The molecule has 32 heavy (non-hydrogen) atoms. The maximum absolute atomic E-state index is 13.1. The number of nitrogens with one attached hydrogen (secondary N) is 1. The van der Waals surface area contributed by atoms with E-state index in [1.165, 1.54) is 12.1 Å². The van der Waals surface area contributed by atoms with Crippen LogP contribution in [0.2, 0.25) is 0 Å². The Bertz CT molecular complexity index is 931. The number of anilines is 1. The molecule has 1 fully saturated rings. The molecule has 3 aromatic carbocycles. The van der Waals surface area contributed by atoms with Crippen molar-refractivity contribution >= 4 is 11.6 Å². The van der Waals surface area contributed by atoms with Crippen LogP contribution in [0.25, 0.3) is 0 Å². The summed E-state index contributed by atoms with van der Waals surface area (Å²) in [4.78, 5) is 17.4. The highest BCUT2D eigenvalue weighted by atomic mass is 19.1. The van der Waals surface area contributed by atoms with E-state index in [2.05, 4.69) is 39.4 Å². The molecule has 166 valence electrons. The van der Waals surface area contributed by atoms with Crippen LogP contribution in [0.4, 0.5) is 10.1 Å². The first kappa shape index (κ1) is 22.0. The normalized spacial score (nSPS) is 14.5. The number of piperazine rings is 1. The summed E-state index contributed by atoms with van der Waals surface area (Å²) >= 11 is 0. The Morgan fingerprint density at radius 1 is 0.812 bits per heavy atom. The van der Waals surface area contributed by atoms with Crippen LogP contribution in [0.1, 0.15) is 23.5 Å². The van der Waals surface area contributed by atoms with Crippen LogP contribution in [0, 0.1) is 5.82 Å². The fraction of sp³-hybridized carbons (Fsp3) is 0.296. The number of nitrogens with zero attached hydrogens (tertiary/aromatic N) is 2. The first-order valence-corrected chi connectivity index (χ1v) is 11.3. The van der Waals surface area contributed by atoms with Gasteiger partial charge in [-0.25, -0.2) is 4.39 Å². The topological polar surface area (TPSA) is 35.6 Å². The minimum atomic E-state index is -0.204. The highest BCUT2D eigenvalue weighted by molar-refractivity contribution is 5.77. The number of rotatable bonds is 8. The van der Waals surface area contributed by atoms with Gasteiger partial charge in [0.2, 0.25) is 5.91 Å². The molecule has 4 nitrogen and oxygen atoms in total. The molecule has 5 heteroatoms. The van der Waals surface area contributed by atoms with Crippen molar-refractivity contribution in [2.24, 2.45) is 0 Å². The third kappa shape index (κ3) is 5.95. The van der Waals surface area contributed by atoms with E-state index in [-0.39, 0.29) is 17.6 Å².